The molecule has 7 heteroatoms. The van der Waals surface area contributed by atoms with Crippen molar-refractivity contribution in [1.82, 2.24) is 0 Å². The lowest BCUT2D eigenvalue weighted by atomic mass is 9.97. The van der Waals surface area contributed by atoms with Gasteiger partial charge in [-0.15, -0.1) is 0 Å². The lowest BCUT2D eigenvalue weighted by molar-refractivity contribution is -0.384. The predicted molar refractivity (Wildman–Crippen MR) is 100 cm³/mol. The van der Waals surface area contributed by atoms with Crippen LogP contribution in [0.3, 0.4) is 0 Å². The summed E-state index contributed by atoms with van der Waals surface area (Å²) in [5, 5.41) is 41.3. The Balaban J connectivity index is 2.09. The largest absolute Gasteiger partial charge is 0.508 e. The van der Waals surface area contributed by atoms with E-state index in [1.54, 1.807) is 36.4 Å². The minimum Gasteiger partial charge on any atom is -0.508 e. The van der Waals surface area contributed by atoms with E-state index < -0.39 is 11.0 Å². The molecule has 0 aliphatic heterocycles. The zero-order valence-electron chi connectivity index (χ0n) is 14.1. The summed E-state index contributed by atoms with van der Waals surface area (Å²) in [6, 6.07) is 15.9. The number of aromatic hydroxyl groups is 3. The van der Waals surface area contributed by atoms with Crippen molar-refractivity contribution in [2.24, 2.45) is 4.99 Å². The van der Waals surface area contributed by atoms with Gasteiger partial charge in [0.2, 0.25) is 0 Å². The molecule has 0 heterocycles. The molecule has 27 heavy (non-hydrogen) atoms. The molecule has 0 aromatic heterocycles. The second-order valence-electron chi connectivity index (χ2n) is 5.80. The lowest BCUT2D eigenvalue weighted by Crippen LogP contribution is -2.00. The average molecular weight is 364 g/mol. The molecule has 0 spiro atoms. The molecule has 0 amide bonds. The molecule has 0 atom stereocenters. The van der Waals surface area contributed by atoms with Crippen molar-refractivity contribution in [2.75, 3.05) is 0 Å². The van der Waals surface area contributed by atoms with Gasteiger partial charge in [0.15, 0.2) is 0 Å². The molecular weight excluding hydrogens is 348 g/mol. The number of non-ortho nitro benzene ring substituents is 1. The highest BCUT2D eigenvalue weighted by Gasteiger charge is 2.19. The molecule has 3 rings (SSSR count). The Kier molecular flexibility index (Phi) is 5.03. The number of nitro groups is 1. The highest BCUT2D eigenvalue weighted by molar-refractivity contribution is 5.85. The van der Waals surface area contributed by atoms with Gasteiger partial charge in [0.25, 0.3) is 5.69 Å². The first-order valence-corrected chi connectivity index (χ1v) is 8.03. The summed E-state index contributed by atoms with van der Waals surface area (Å²) >= 11 is 0. The second kappa shape index (κ2) is 7.57. The van der Waals surface area contributed by atoms with Crippen molar-refractivity contribution in [3.63, 3.8) is 0 Å². The Labute approximate surface area is 154 Å². The summed E-state index contributed by atoms with van der Waals surface area (Å²) < 4.78 is 0. The van der Waals surface area contributed by atoms with Crippen LogP contribution in [0.5, 0.6) is 17.2 Å². The molecule has 0 aliphatic carbocycles. The Hall–Kier alpha value is -3.87. The van der Waals surface area contributed by atoms with E-state index in [1.807, 2.05) is 0 Å². The van der Waals surface area contributed by atoms with E-state index in [-0.39, 0.29) is 28.5 Å². The minimum absolute atomic E-state index is 0.00818. The van der Waals surface area contributed by atoms with Crippen molar-refractivity contribution < 1.29 is 20.2 Å². The maximum absolute atomic E-state index is 10.9. The predicted octanol–water partition coefficient (Wildman–Crippen LogP) is 3.92. The van der Waals surface area contributed by atoms with Crippen LogP contribution in [-0.4, -0.2) is 26.5 Å². The highest BCUT2D eigenvalue weighted by atomic mass is 16.6. The normalized spacial score (nSPS) is 11.1. The Bertz CT molecular complexity index is 971. The molecule has 0 fully saturated rings. The van der Waals surface area contributed by atoms with Crippen molar-refractivity contribution in [3.8, 4) is 17.2 Å². The first-order valence-electron chi connectivity index (χ1n) is 8.03. The second-order valence-corrected chi connectivity index (χ2v) is 5.80. The number of benzene rings is 3. The van der Waals surface area contributed by atoms with E-state index in [0.717, 1.165) is 0 Å². The summed E-state index contributed by atoms with van der Waals surface area (Å²) in [7, 11) is 0. The standard InChI is InChI=1S/C20H16N2O5/c23-17-10-9-14(22(26)27)11-13(17)12-21-20(15-5-1-3-7-18(15)24)16-6-2-4-8-19(16)25/h1-12,20,23-25H. The van der Waals surface area contributed by atoms with Crippen LogP contribution in [0.2, 0.25) is 0 Å². The highest BCUT2D eigenvalue weighted by Crippen LogP contribution is 2.36. The third-order valence-corrected chi connectivity index (χ3v) is 4.05. The quantitative estimate of drug-likeness (QED) is 0.360. The van der Waals surface area contributed by atoms with Crippen molar-refractivity contribution in [3.05, 3.63) is 93.5 Å². The van der Waals surface area contributed by atoms with Crippen molar-refractivity contribution in [2.45, 2.75) is 6.04 Å². The number of nitrogens with zero attached hydrogens (tertiary/aromatic N) is 2. The molecule has 0 saturated heterocycles. The number of hydrogen-bond donors (Lipinski definition) is 3. The number of phenols is 3. The fourth-order valence-electron chi connectivity index (χ4n) is 2.68. The van der Waals surface area contributed by atoms with Crippen LogP contribution >= 0.6 is 0 Å². The van der Waals surface area contributed by atoms with Gasteiger partial charge in [0.05, 0.1) is 4.92 Å². The molecule has 3 N–H and O–H groups in total. The first kappa shape index (κ1) is 17.9. The zero-order valence-corrected chi connectivity index (χ0v) is 14.1. The van der Waals surface area contributed by atoms with Gasteiger partial charge >= 0.3 is 0 Å². The molecule has 0 bridgehead atoms. The van der Waals surface area contributed by atoms with Crippen LogP contribution < -0.4 is 0 Å². The van der Waals surface area contributed by atoms with Crippen molar-refractivity contribution in [1.29, 1.82) is 0 Å². The Morgan fingerprint density at radius 2 is 1.41 bits per heavy atom. The van der Waals surface area contributed by atoms with E-state index in [2.05, 4.69) is 4.99 Å². The fraction of sp³-hybridized carbons (Fsp3) is 0.0500. The van der Waals surface area contributed by atoms with Crippen molar-refractivity contribution >= 4 is 11.9 Å². The van der Waals surface area contributed by atoms with E-state index in [9.17, 15) is 25.4 Å². The van der Waals surface area contributed by atoms with Gasteiger partial charge in [-0.05, 0) is 18.2 Å². The van der Waals surface area contributed by atoms with Gasteiger partial charge in [-0.25, -0.2) is 0 Å². The summed E-state index contributed by atoms with van der Waals surface area (Å²) in [4.78, 5) is 14.8. The zero-order chi connectivity index (χ0) is 19.4. The third kappa shape index (κ3) is 3.87. The van der Waals surface area contributed by atoms with Gasteiger partial charge in [-0.2, -0.15) is 0 Å². The molecular formula is C20H16N2O5. The number of hydrogen-bond acceptors (Lipinski definition) is 6. The molecule has 7 nitrogen and oxygen atoms in total. The van der Waals surface area contributed by atoms with Crippen LogP contribution in [0.15, 0.2) is 71.7 Å². The van der Waals surface area contributed by atoms with Crippen LogP contribution in [0.25, 0.3) is 0 Å². The van der Waals surface area contributed by atoms with Gasteiger partial charge in [0.1, 0.15) is 23.3 Å². The molecule has 0 unspecified atom stereocenters. The molecule has 0 aliphatic rings. The van der Waals surface area contributed by atoms with Gasteiger partial charge in [-0.1, -0.05) is 36.4 Å². The summed E-state index contributed by atoms with van der Waals surface area (Å²) in [6.07, 6.45) is 1.28. The smallest absolute Gasteiger partial charge is 0.270 e. The summed E-state index contributed by atoms with van der Waals surface area (Å²) in [5.41, 5.74) is 0.858. The summed E-state index contributed by atoms with van der Waals surface area (Å²) in [5.74, 6) is -0.185. The number of para-hydroxylation sites is 2. The van der Waals surface area contributed by atoms with E-state index in [0.29, 0.717) is 11.1 Å². The average Bonchev–Trinajstić information content (AvgIpc) is 2.65. The van der Waals surface area contributed by atoms with Crippen LogP contribution in [0, 0.1) is 10.1 Å². The Morgan fingerprint density at radius 1 is 0.852 bits per heavy atom. The fourth-order valence-corrected chi connectivity index (χ4v) is 2.68. The topological polar surface area (TPSA) is 116 Å². The van der Waals surface area contributed by atoms with Crippen LogP contribution in [0.4, 0.5) is 5.69 Å². The third-order valence-electron chi connectivity index (χ3n) is 4.05. The maximum atomic E-state index is 10.9. The Morgan fingerprint density at radius 3 is 1.93 bits per heavy atom. The van der Waals surface area contributed by atoms with Crippen LogP contribution in [-0.2, 0) is 0 Å². The molecule has 136 valence electrons. The van der Waals surface area contributed by atoms with Gasteiger partial charge in [-0.3, -0.25) is 15.1 Å². The number of aliphatic imine (C=N–C) groups is 1. The van der Waals surface area contributed by atoms with Gasteiger partial charge in [0, 0.05) is 35.0 Å². The van der Waals surface area contributed by atoms with E-state index >= 15 is 0 Å². The maximum Gasteiger partial charge on any atom is 0.270 e. The molecule has 3 aromatic carbocycles. The summed E-state index contributed by atoms with van der Waals surface area (Å²) in [6.45, 7) is 0. The molecule has 0 saturated carbocycles. The lowest BCUT2D eigenvalue weighted by Gasteiger charge is -2.16. The SMILES string of the molecule is O=[N+]([O-])c1ccc(O)c(C=NC(c2ccccc2O)c2ccccc2O)c1. The molecule has 0 radical (unpaired) electrons. The first-order chi connectivity index (χ1) is 13.0. The minimum atomic E-state index is -0.772. The number of phenolic OH excluding ortho intramolecular Hbond substituents is 3. The molecule has 3 aromatic rings. The van der Waals surface area contributed by atoms with E-state index in [4.69, 9.17) is 0 Å². The van der Waals surface area contributed by atoms with Crippen LogP contribution in [0.1, 0.15) is 22.7 Å². The number of nitro benzene ring substituents is 1. The van der Waals surface area contributed by atoms with Gasteiger partial charge < -0.3 is 15.3 Å². The van der Waals surface area contributed by atoms with E-state index in [1.165, 1.54) is 36.5 Å². The monoisotopic (exact) mass is 364 g/mol. The number of rotatable bonds is 5.